The lowest BCUT2D eigenvalue weighted by atomic mass is 10.1. The number of benzene rings is 1. The predicted octanol–water partition coefficient (Wildman–Crippen LogP) is 1.69. The van der Waals surface area contributed by atoms with E-state index >= 15 is 0 Å². The molecule has 0 fully saturated rings. The minimum Gasteiger partial charge on any atom is -0.331 e. The highest BCUT2D eigenvalue weighted by Gasteiger charge is 2.09. The van der Waals surface area contributed by atoms with Crippen LogP contribution in [0.1, 0.15) is 18.5 Å². The zero-order valence-electron chi connectivity index (χ0n) is 9.34. The second kappa shape index (κ2) is 5.11. The van der Waals surface area contributed by atoms with Crippen molar-refractivity contribution in [1.29, 1.82) is 0 Å². The van der Waals surface area contributed by atoms with Crippen molar-refractivity contribution in [2.45, 2.75) is 13.0 Å². The fourth-order valence-electron chi connectivity index (χ4n) is 1.43. The summed E-state index contributed by atoms with van der Waals surface area (Å²) in [6.07, 6.45) is 1.40. The van der Waals surface area contributed by atoms with Gasteiger partial charge in [-0.15, -0.1) is 5.10 Å². The first-order valence-electron chi connectivity index (χ1n) is 5.24. The third-order valence-corrected chi connectivity index (χ3v) is 2.29. The van der Waals surface area contributed by atoms with Crippen LogP contribution in [0.25, 0.3) is 0 Å². The van der Waals surface area contributed by atoms with Gasteiger partial charge in [-0.2, -0.15) is 0 Å². The molecular formula is C11H13N5O. The van der Waals surface area contributed by atoms with Crippen LogP contribution in [-0.4, -0.2) is 21.2 Å². The Balaban J connectivity index is 1.91. The highest BCUT2D eigenvalue weighted by molar-refractivity contribution is 5.87. The zero-order valence-corrected chi connectivity index (χ0v) is 9.34. The lowest BCUT2D eigenvalue weighted by Gasteiger charge is -2.13. The number of carbonyl (C=O) groups is 1. The molecule has 6 heteroatoms. The smallest absolute Gasteiger partial charge is 0.322 e. The Hall–Kier alpha value is -2.37. The summed E-state index contributed by atoms with van der Waals surface area (Å²) < 4.78 is 0. The molecule has 17 heavy (non-hydrogen) atoms. The number of aromatic nitrogens is 3. The van der Waals surface area contributed by atoms with Gasteiger partial charge in [0.25, 0.3) is 0 Å². The van der Waals surface area contributed by atoms with Crippen LogP contribution in [0.15, 0.2) is 36.7 Å². The molecule has 0 aliphatic carbocycles. The number of nitrogens with one attached hydrogen (secondary N) is 3. The molecule has 0 radical (unpaired) electrons. The van der Waals surface area contributed by atoms with E-state index in [0.717, 1.165) is 5.56 Å². The number of carbonyl (C=O) groups excluding carboxylic acids is 1. The van der Waals surface area contributed by atoms with Crippen LogP contribution in [0.3, 0.4) is 0 Å². The summed E-state index contributed by atoms with van der Waals surface area (Å²) in [5.41, 5.74) is 1.04. The molecule has 88 valence electrons. The quantitative estimate of drug-likeness (QED) is 0.751. The molecule has 0 bridgehead atoms. The number of H-pyrrole nitrogens is 1. The predicted molar refractivity (Wildman–Crippen MR) is 63.4 cm³/mol. The second-order valence-corrected chi connectivity index (χ2v) is 3.55. The minimum absolute atomic E-state index is 0.0739. The Morgan fingerprint density at radius 3 is 2.76 bits per heavy atom. The van der Waals surface area contributed by atoms with E-state index in [2.05, 4.69) is 25.8 Å². The monoisotopic (exact) mass is 231 g/mol. The van der Waals surface area contributed by atoms with Crippen molar-refractivity contribution in [3.8, 4) is 0 Å². The van der Waals surface area contributed by atoms with E-state index < -0.39 is 0 Å². The van der Waals surface area contributed by atoms with Crippen LogP contribution in [0, 0.1) is 0 Å². The lowest BCUT2D eigenvalue weighted by Crippen LogP contribution is -2.31. The van der Waals surface area contributed by atoms with Crippen LogP contribution in [0.2, 0.25) is 0 Å². The van der Waals surface area contributed by atoms with E-state index in [1.807, 2.05) is 37.3 Å². The molecule has 1 aromatic heterocycles. The topological polar surface area (TPSA) is 82.7 Å². The summed E-state index contributed by atoms with van der Waals surface area (Å²) in [7, 11) is 0. The molecule has 2 amide bonds. The summed E-state index contributed by atoms with van der Waals surface area (Å²) in [4.78, 5) is 15.4. The maximum absolute atomic E-state index is 11.6. The van der Waals surface area contributed by atoms with Gasteiger partial charge >= 0.3 is 6.03 Å². The lowest BCUT2D eigenvalue weighted by molar-refractivity contribution is 0.249. The van der Waals surface area contributed by atoms with Gasteiger partial charge in [-0.25, -0.2) is 9.78 Å². The van der Waals surface area contributed by atoms with E-state index in [1.165, 1.54) is 6.33 Å². The number of amides is 2. The van der Waals surface area contributed by atoms with Crippen molar-refractivity contribution >= 4 is 12.0 Å². The number of aromatic amines is 1. The molecule has 3 N–H and O–H groups in total. The number of hydrogen-bond donors (Lipinski definition) is 3. The van der Waals surface area contributed by atoms with Crippen molar-refractivity contribution in [3.05, 3.63) is 42.2 Å². The molecule has 0 aliphatic rings. The highest BCUT2D eigenvalue weighted by atomic mass is 16.2. The van der Waals surface area contributed by atoms with Gasteiger partial charge in [-0.05, 0) is 12.5 Å². The summed E-state index contributed by atoms with van der Waals surface area (Å²) in [5, 5.41) is 11.6. The van der Waals surface area contributed by atoms with Gasteiger partial charge in [0.1, 0.15) is 6.33 Å². The van der Waals surface area contributed by atoms with Gasteiger partial charge in [-0.3, -0.25) is 10.4 Å². The van der Waals surface area contributed by atoms with Crippen molar-refractivity contribution < 1.29 is 4.79 Å². The molecule has 6 nitrogen and oxygen atoms in total. The SMILES string of the molecule is C[C@@H](NC(=O)Nc1nc[nH]n1)c1ccccc1. The molecule has 2 rings (SSSR count). The Bertz CT molecular complexity index is 468. The molecule has 0 unspecified atom stereocenters. The molecule has 0 spiro atoms. The number of rotatable bonds is 3. The van der Waals surface area contributed by atoms with E-state index in [0.29, 0.717) is 0 Å². The Morgan fingerprint density at radius 1 is 1.35 bits per heavy atom. The maximum atomic E-state index is 11.6. The van der Waals surface area contributed by atoms with Crippen LogP contribution in [-0.2, 0) is 0 Å². The van der Waals surface area contributed by atoms with Gasteiger partial charge in [0, 0.05) is 0 Å². The summed E-state index contributed by atoms with van der Waals surface area (Å²) >= 11 is 0. The van der Waals surface area contributed by atoms with Crippen LogP contribution < -0.4 is 10.6 Å². The third-order valence-electron chi connectivity index (χ3n) is 2.29. The third kappa shape index (κ3) is 3.04. The van der Waals surface area contributed by atoms with Crippen LogP contribution in [0.4, 0.5) is 10.7 Å². The molecule has 0 saturated carbocycles. The molecule has 0 aliphatic heterocycles. The Morgan fingerprint density at radius 2 is 2.12 bits per heavy atom. The van der Waals surface area contributed by atoms with Gasteiger partial charge < -0.3 is 5.32 Å². The zero-order chi connectivity index (χ0) is 12.1. The Kier molecular flexibility index (Phi) is 3.34. The van der Waals surface area contributed by atoms with Crippen LogP contribution >= 0.6 is 0 Å². The van der Waals surface area contributed by atoms with Gasteiger partial charge in [0.2, 0.25) is 5.95 Å². The van der Waals surface area contributed by atoms with E-state index in [4.69, 9.17) is 0 Å². The molecule has 1 aromatic carbocycles. The van der Waals surface area contributed by atoms with Crippen LogP contribution in [0.5, 0.6) is 0 Å². The van der Waals surface area contributed by atoms with Crippen molar-refractivity contribution in [2.75, 3.05) is 5.32 Å². The first kappa shape index (κ1) is 11.1. The fourth-order valence-corrected chi connectivity index (χ4v) is 1.43. The molecule has 0 saturated heterocycles. The minimum atomic E-state index is -0.332. The molecule has 1 atom stereocenters. The summed E-state index contributed by atoms with van der Waals surface area (Å²) in [5.74, 6) is 0.253. The van der Waals surface area contributed by atoms with E-state index in [9.17, 15) is 4.79 Å². The van der Waals surface area contributed by atoms with Gasteiger partial charge in [0.15, 0.2) is 0 Å². The first-order valence-corrected chi connectivity index (χ1v) is 5.24. The van der Waals surface area contributed by atoms with E-state index in [-0.39, 0.29) is 18.0 Å². The average molecular weight is 231 g/mol. The van der Waals surface area contributed by atoms with Crippen molar-refractivity contribution in [3.63, 3.8) is 0 Å². The summed E-state index contributed by atoms with van der Waals surface area (Å²) in [6, 6.07) is 9.30. The first-order chi connectivity index (χ1) is 8.25. The molecule has 2 aromatic rings. The number of hydrogen-bond acceptors (Lipinski definition) is 3. The maximum Gasteiger partial charge on any atom is 0.322 e. The van der Waals surface area contributed by atoms with Gasteiger partial charge in [0.05, 0.1) is 6.04 Å². The largest absolute Gasteiger partial charge is 0.331 e. The highest BCUT2D eigenvalue weighted by Crippen LogP contribution is 2.10. The van der Waals surface area contributed by atoms with Crippen molar-refractivity contribution in [2.24, 2.45) is 0 Å². The second-order valence-electron chi connectivity index (χ2n) is 3.55. The standard InChI is InChI=1S/C11H13N5O/c1-8(9-5-3-2-4-6-9)14-11(17)15-10-12-7-13-16-10/h2-8H,1H3,(H3,12,13,14,15,16,17)/t8-/m1/s1. The van der Waals surface area contributed by atoms with E-state index in [1.54, 1.807) is 0 Å². The average Bonchev–Trinajstić information content (AvgIpc) is 2.82. The Labute approximate surface area is 98.5 Å². The van der Waals surface area contributed by atoms with Gasteiger partial charge in [-0.1, -0.05) is 30.3 Å². The van der Waals surface area contributed by atoms with Crippen molar-refractivity contribution in [1.82, 2.24) is 20.5 Å². The molecule has 1 heterocycles. The normalized spacial score (nSPS) is 11.8. The number of nitrogens with zero attached hydrogens (tertiary/aromatic N) is 2. The fraction of sp³-hybridized carbons (Fsp3) is 0.182. The summed E-state index contributed by atoms with van der Waals surface area (Å²) in [6.45, 7) is 1.91. The number of anilines is 1. The molecular weight excluding hydrogens is 218 g/mol. The number of urea groups is 1.